The van der Waals surface area contributed by atoms with Gasteiger partial charge in [0.1, 0.15) is 63.1 Å². The number of likely N-dealkylation sites (tertiary alicyclic amines) is 2. The number of hydrogen-bond acceptors (Lipinski definition) is 19. The van der Waals surface area contributed by atoms with Gasteiger partial charge in [-0.15, -0.1) is 0 Å². The number of carbonyl (C=O) groups is 3. The number of imidazole rings is 3. The molecule has 11 heterocycles. The lowest BCUT2D eigenvalue weighted by molar-refractivity contribution is -0.125. The highest BCUT2D eigenvalue weighted by Gasteiger charge is 2.30. The van der Waals surface area contributed by atoms with E-state index in [1.54, 1.807) is 66.1 Å². The number of rotatable bonds is 26. The van der Waals surface area contributed by atoms with Gasteiger partial charge in [0, 0.05) is 176 Å². The summed E-state index contributed by atoms with van der Waals surface area (Å²) in [6, 6.07) is 22.5. The number of nitrogens with one attached hydrogen (secondary N) is 4. The first-order chi connectivity index (χ1) is 56.6. The van der Waals surface area contributed by atoms with E-state index >= 15 is 0 Å². The van der Waals surface area contributed by atoms with Crippen LogP contribution in [0.4, 0.5) is 23.3 Å². The van der Waals surface area contributed by atoms with Crippen molar-refractivity contribution in [2.24, 2.45) is 11.8 Å². The second kappa shape index (κ2) is 36.9. The predicted octanol–water partition coefficient (Wildman–Crippen LogP) is 18.6. The van der Waals surface area contributed by atoms with Crippen LogP contribution in [0.2, 0.25) is 30.1 Å². The van der Waals surface area contributed by atoms with Gasteiger partial charge in [-0.05, 0) is 117 Å². The number of carbonyl (C=O) groups excluding carboxylic acids is 3. The van der Waals surface area contributed by atoms with Gasteiger partial charge in [-0.2, -0.15) is 4.98 Å². The standard InChI is InChI=1S/C29H25Cl2N5O3.C29H31Cl2N5O3.C28H30Cl2N6O3/c1-5-25(37)34-18-8-6-7-16(9-18)10-19-15-36-21-12-24(32-2)33-14-17(21)11-20(29(36)35-19)26-27(30)22(38-3)13-23(39-4)28(26)31;1-5-25(37)35-10-9-17(15-35)7-6-8-19-16-36-21-12-24(32-2)33-14-18(21)11-20(29(36)34-19)26-27(30)22(38-3)13-23(39-4)28(26)31;1-5-22(37)35-10-9-16(14-35)7-6-8-18-15-36-26-17(13-32-28(31-2)34-26)11-19(27(36)33-18)23-24(29)20(38-3)12-21(39-4)25(23)30/h5-9,11-15H,1,10H2,2-4H3,(H,32,33)(H,34,37);5,11-14,16-17H,1,6-10,15H2,2-4H3,(H,32,33);5,11-13,15-16H,1,6-10,14H2,2-4H3,(H,31,32,34). The van der Waals surface area contributed by atoms with Crippen LogP contribution in [0, 0.1) is 11.8 Å². The monoisotopic (exact) mass is 1700 g/mol. The summed E-state index contributed by atoms with van der Waals surface area (Å²) in [6.07, 6.45) is 23.5. The molecule has 2 aliphatic rings. The minimum atomic E-state index is -0.271. The van der Waals surface area contributed by atoms with Crippen molar-refractivity contribution in [3.05, 3.63) is 201 Å². The smallest absolute Gasteiger partial charge is 0.247 e. The predicted molar refractivity (Wildman–Crippen MR) is 467 cm³/mol. The van der Waals surface area contributed by atoms with Crippen molar-refractivity contribution in [1.29, 1.82) is 0 Å². The van der Waals surface area contributed by atoms with E-state index in [0.717, 1.165) is 156 Å². The topological polar surface area (TPSA) is 265 Å². The largest absolute Gasteiger partial charge is 0.495 e. The Balaban J connectivity index is 0.000000152. The van der Waals surface area contributed by atoms with E-state index in [9.17, 15) is 14.4 Å². The molecular formula is C86H86Cl6N16O9. The van der Waals surface area contributed by atoms with Crippen LogP contribution in [0.25, 0.3) is 83.2 Å². The van der Waals surface area contributed by atoms with Crippen LogP contribution in [0.5, 0.6) is 34.5 Å². The van der Waals surface area contributed by atoms with E-state index in [1.807, 2.05) is 106 Å². The number of ether oxygens (including phenoxy) is 6. The molecule has 0 radical (unpaired) electrons. The van der Waals surface area contributed by atoms with Gasteiger partial charge in [0.05, 0.1) is 101 Å². The lowest BCUT2D eigenvalue weighted by atomic mass is 10.0. The number of fused-ring (bicyclic) bond motifs is 9. The molecule has 15 rings (SSSR count). The quantitative estimate of drug-likeness (QED) is 0.0367. The number of aromatic nitrogens is 10. The van der Waals surface area contributed by atoms with Crippen LogP contribution in [-0.4, -0.2) is 166 Å². The molecule has 2 fully saturated rings. The first kappa shape index (κ1) is 83.6. The number of benzene rings is 4. The molecule has 0 spiro atoms. The molecule has 25 nitrogen and oxygen atoms in total. The zero-order valence-corrected chi connectivity index (χ0v) is 70.4. The van der Waals surface area contributed by atoms with E-state index < -0.39 is 0 Å². The number of hydrogen-bond donors (Lipinski definition) is 4. The van der Waals surface area contributed by atoms with Crippen molar-refractivity contribution in [1.82, 2.24) is 57.9 Å². The van der Waals surface area contributed by atoms with Gasteiger partial charge in [-0.25, -0.2) is 29.9 Å². The number of methoxy groups -OCH3 is 6. The maximum Gasteiger partial charge on any atom is 0.247 e. The highest BCUT2D eigenvalue weighted by Crippen LogP contribution is 2.51. The molecule has 2 unspecified atom stereocenters. The SMILES string of the molecule is C=CC(=O)N1CCC(CCCc2cn3c(n2)c(-c2c(Cl)c(OC)cc(OC)c2Cl)cc2cnc(NC)cc23)C1.C=CC(=O)N1CCC(CCCc2cn3c(n2)c(-c2c(Cl)c(OC)cc(OC)c2Cl)cc2cnc(NC)nc23)C1.C=CC(=O)Nc1cccc(Cc2cn3c(n2)c(-c2c(Cl)c(OC)cc(OC)c2Cl)cc2cnc(NC)cc23)c1. The van der Waals surface area contributed by atoms with Crippen molar-refractivity contribution in [2.45, 2.75) is 57.8 Å². The first-order valence-electron chi connectivity index (χ1n) is 37.6. The fraction of sp³-hybridized carbons (Fsp3) is 0.279. The molecule has 606 valence electrons. The zero-order chi connectivity index (χ0) is 83.0. The normalized spacial score (nSPS) is 13.8. The van der Waals surface area contributed by atoms with E-state index in [2.05, 4.69) is 66.6 Å². The van der Waals surface area contributed by atoms with Gasteiger partial charge < -0.3 is 59.5 Å². The summed E-state index contributed by atoms with van der Waals surface area (Å²) in [5, 5.41) is 16.8. The Hall–Kier alpha value is -11.3. The van der Waals surface area contributed by atoms with Crippen LogP contribution < -0.4 is 49.7 Å². The molecule has 4 N–H and O–H groups in total. The molecule has 0 aliphatic carbocycles. The number of pyridine rings is 5. The third-order valence-corrected chi connectivity index (χ3v) is 23.2. The second-order valence-electron chi connectivity index (χ2n) is 27.9. The molecule has 2 atom stereocenters. The fourth-order valence-corrected chi connectivity index (χ4v) is 17.1. The highest BCUT2D eigenvalue weighted by atomic mass is 35.5. The van der Waals surface area contributed by atoms with Crippen molar-refractivity contribution in [3.63, 3.8) is 0 Å². The Morgan fingerprint density at radius 2 is 0.872 bits per heavy atom. The third kappa shape index (κ3) is 17.4. The molecule has 4 aromatic carbocycles. The molecule has 0 bridgehead atoms. The Labute approximate surface area is 705 Å². The summed E-state index contributed by atoms with van der Waals surface area (Å²) < 4.78 is 39.1. The summed E-state index contributed by atoms with van der Waals surface area (Å²) in [5.74, 6) is 5.37. The lowest BCUT2D eigenvalue weighted by Gasteiger charge is -2.16. The average molecular weight is 1700 g/mol. The fourth-order valence-electron chi connectivity index (χ4n) is 15.0. The van der Waals surface area contributed by atoms with Crippen LogP contribution in [0.3, 0.4) is 0 Å². The molecule has 3 amide bonds. The van der Waals surface area contributed by atoms with Gasteiger partial charge in [-0.1, -0.05) is 101 Å². The Morgan fingerprint density at radius 3 is 1.28 bits per heavy atom. The van der Waals surface area contributed by atoms with Gasteiger partial charge >= 0.3 is 0 Å². The number of aryl methyl sites for hydroxylation is 2. The van der Waals surface area contributed by atoms with Gasteiger partial charge in [-0.3, -0.25) is 27.6 Å². The second-order valence-corrected chi connectivity index (χ2v) is 30.2. The molecule has 2 saturated heterocycles. The van der Waals surface area contributed by atoms with Crippen LogP contribution in [-0.2, 0) is 33.6 Å². The van der Waals surface area contributed by atoms with Crippen molar-refractivity contribution in [2.75, 3.05) is 111 Å². The maximum absolute atomic E-state index is 11.9. The zero-order valence-electron chi connectivity index (χ0n) is 65.9. The van der Waals surface area contributed by atoms with Crippen molar-refractivity contribution < 1.29 is 42.8 Å². The Morgan fingerprint density at radius 1 is 0.470 bits per heavy atom. The van der Waals surface area contributed by atoms with Gasteiger partial charge in [0.25, 0.3) is 0 Å². The summed E-state index contributed by atoms with van der Waals surface area (Å²) >= 11 is 40.9. The highest BCUT2D eigenvalue weighted by molar-refractivity contribution is 6.43. The Kier molecular flexibility index (Phi) is 26.4. The molecule has 117 heavy (non-hydrogen) atoms. The molecule has 31 heteroatoms. The minimum Gasteiger partial charge on any atom is -0.495 e. The summed E-state index contributed by atoms with van der Waals surface area (Å²) in [6.45, 7) is 13.9. The summed E-state index contributed by atoms with van der Waals surface area (Å²) in [5.41, 5.74) is 12.9. The lowest BCUT2D eigenvalue weighted by Crippen LogP contribution is -2.26. The van der Waals surface area contributed by atoms with E-state index in [4.69, 9.17) is 118 Å². The number of nitrogens with zero attached hydrogens (tertiary/aromatic N) is 12. The number of anilines is 4. The van der Waals surface area contributed by atoms with Crippen LogP contribution >= 0.6 is 69.6 Å². The molecular weight excluding hydrogens is 1610 g/mol. The Bertz CT molecular complexity index is 5720. The maximum atomic E-state index is 11.9. The minimum absolute atomic E-state index is 0.00619. The van der Waals surface area contributed by atoms with Crippen molar-refractivity contribution in [3.8, 4) is 67.9 Å². The summed E-state index contributed by atoms with van der Waals surface area (Å²) in [7, 11) is 14.7. The van der Waals surface area contributed by atoms with Crippen molar-refractivity contribution >= 4 is 160 Å². The molecule has 0 saturated carbocycles. The van der Waals surface area contributed by atoms with Crippen LogP contribution in [0.1, 0.15) is 61.2 Å². The van der Waals surface area contributed by atoms with E-state index in [0.29, 0.717) is 134 Å². The number of halogens is 6. The van der Waals surface area contributed by atoms with Crippen LogP contribution in [0.15, 0.2) is 148 Å². The average Bonchev–Trinajstić information content (AvgIpc) is 1.70. The molecule has 9 aromatic heterocycles. The van der Waals surface area contributed by atoms with Gasteiger partial charge in [0.2, 0.25) is 23.7 Å². The van der Waals surface area contributed by atoms with E-state index in [-0.39, 0.29) is 17.7 Å². The third-order valence-electron chi connectivity index (χ3n) is 20.9. The number of amides is 3. The summed E-state index contributed by atoms with van der Waals surface area (Å²) in [4.78, 5) is 72.6. The first-order valence-corrected chi connectivity index (χ1v) is 39.9. The van der Waals surface area contributed by atoms with Gasteiger partial charge in [0.15, 0.2) is 5.65 Å². The van der Waals surface area contributed by atoms with E-state index in [1.165, 1.54) is 32.4 Å². The molecule has 13 aromatic rings. The molecule has 2 aliphatic heterocycles.